The quantitative estimate of drug-likeness (QED) is 0.862. The molecule has 0 amide bonds. The van der Waals surface area contributed by atoms with E-state index in [9.17, 15) is 5.11 Å². The molecule has 0 bridgehead atoms. The van der Waals surface area contributed by atoms with Gasteiger partial charge in [-0.2, -0.15) is 0 Å². The summed E-state index contributed by atoms with van der Waals surface area (Å²) in [6.45, 7) is 4.96. The van der Waals surface area contributed by atoms with Gasteiger partial charge in [0.05, 0.1) is 30.0 Å². The van der Waals surface area contributed by atoms with Crippen molar-refractivity contribution in [3.8, 4) is 0 Å². The molecule has 1 N–H and O–H groups in total. The van der Waals surface area contributed by atoms with Gasteiger partial charge in [-0.3, -0.25) is 0 Å². The normalized spacial score (nSPS) is 18.6. The van der Waals surface area contributed by atoms with E-state index in [1.165, 1.54) is 0 Å². The van der Waals surface area contributed by atoms with Crippen molar-refractivity contribution >= 4 is 17.3 Å². The number of nitrogens with zero attached hydrogens (tertiary/aromatic N) is 1. The van der Waals surface area contributed by atoms with E-state index < -0.39 is 6.10 Å². The lowest BCUT2D eigenvalue weighted by Gasteiger charge is -2.29. The minimum Gasteiger partial charge on any atom is -0.389 e. The summed E-state index contributed by atoms with van der Waals surface area (Å²) in [6.07, 6.45) is -0.476. The molecule has 0 unspecified atom stereocenters. The van der Waals surface area contributed by atoms with Crippen molar-refractivity contribution < 1.29 is 9.84 Å². The molecule has 3 nitrogen and oxygen atoms in total. The number of ether oxygens (including phenoxy) is 1. The zero-order valence-corrected chi connectivity index (χ0v) is 10.1. The number of benzene rings is 1. The van der Waals surface area contributed by atoms with E-state index >= 15 is 0 Å². The van der Waals surface area contributed by atoms with Crippen LogP contribution in [0, 0.1) is 0 Å². The van der Waals surface area contributed by atoms with Crippen LogP contribution in [-0.2, 0) is 4.74 Å². The lowest BCUT2D eigenvalue weighted by Crippen LogP contribution is -2.36. The number of halogens is 1. The molecule has 0 aromatic heterocycles. The van der Waals surface area contributed by atoms with Crippen LogP contribution in [0.1, 0.15) is 18.6 Å². The van der Waals surface area contributed by atoms with E-state index in [1.54, 1.807) is 6.92 Å². The lowest BCUT2D eigenvalue weighted by molar-refractivity contribution is 0.122. The molecular weight excluding hydrogens is 226 g/mol. The van der Waals surface area contributed by atoms with Crippen molar-refractivity contribution in [2.75, 3.05) is 31.2 Å². The van der Waals surface area contributed by atoms with Crippen molar-refractivity contribution in [3.63, 3.8) is 0 Å². The van der Waals surface area contributed by atoms with Gasteiger partial charge in [-0.25, -0.2) is 0 Å². The molecule has 0 spiro atoms. The molecule has 88 valence electrons. The largest absolute Gasteiger partial charge is 0.389 e. The Morgan fingerprint density at radius 2 is 2.06 bits per heavy atom. The predicted molar refractivity (Wildman–Crippen MR) is 65.1 cm³/mol. The minimum atomic E-state index is -0.476. The summed E-state index contributed by atoms with van der Waals surface area (Å²) in [5.74, 6) is 0. The van der Waals surface area contributed by atoms with Crippen LogP contribution in [0.5, 0.6) is 0 Å². The number of aliphatic hydroxyl groups excluding tert-OH is 1. The monoisotopic (exact) mass is 241 g/mol. The van der Waals surface area contributed by atoms with Crippen LogP contribution in [0.15, 0.2) is 18.2 Å². The Morgan fingerprint density at radius 1 is 1.38 bits per heavy atom. The molecule has 1 aromatic rings. The number of morpholine rings is 1. The highest BCUT2D eigenvalue weighted by molar-refractivity contribution is 6.33. The van der Waals surface area contributed by atoms with Crippen LogP contribution in [-0.4, -0.2) is 31.4 Å². The van der Waals surface area contributed by atoms with Crippen LogP contribution < -0.4 is 4.90 Å². The van der Waals surface area contributed by atoms with Gasteiger partial charge in [0.1, 0.15) is 0 Å². The van der Waals surface area contributed by atoms with Crippen molar-refractivity contribution in [1.29, 1.82) is 0 Å². The van der Waals surface area contributed by atoms with Gasteiger partial charge in [-0.05, 0) is 24.6 Å². The van der Waals surface area contributed by atoms with Gasteiger partial charge in [0.15, 0.2) is 0 Å². The van der Waals surface area contributed by atoms with E-state index in [4.69, 9.17) is 16.3 Å². The van der Waals surface area contributed by atoms with E-state index in [-0.39, 0.29) is 0 Å². The minimum absolute atomic E-state index is 0.476. The van der Waals surface area contributed by atoms with E-state index in [2.05, 4.69) is 4.90 Å². The first-order valence-electron chi connectivity index (χ1n) is 5.48. The van der Waals surface area contributed by atoms with Gasteiger partial charge in [0.25, 0.3) is 0 Å². The van der Waals surface area contributed by atoms with E-state index in [0.717, 1.165) is 37.6 Å². The average molecular weight is 242 g/mol. The van der Waals surface area contributed by atoms with Crippen molar-refractivity contribution in [2.24, 2.45) is 0 Å². The predicted octanol–water partition coefficient (Wildman–Crippen LogP) is 2.23. The number of anilines is 1. The second-order valence-electron chi connectivity index (χ2n) is 3.99. The molecule has 1 aliphatic heterocycles. The molecule has 0 aliphatic carbocycles. The zero-order valence-electron chi connectivity index (χ0n) is 9.32. The molecule has 1 aliphatic rings. The fraction of sp³-hybridized carbons (Fsp3) is 0.500. The van der Waals surface area contributed by atoms with Gasteiger partial charge >= 0.3 is 0 Å². The molecule has 0 radical (unpaired) electrons. The summed E-state index contributed by atoms with van der Waals surface area (Å²) in [7, 11) is 0. The Morgan fingerprint density at radius 3 is 2.62 bits per heavy atom. The third-order valence-electron chi connectivity index (χ3n) is 2.81. The Balaban J connectivity index is 2.21. The third-order valence-corrected chi connectivity index (χ3v) is 3.11. The summed E-state index contributed by atoms with van der Waals surface area (Å²) in [6, 6.07) is 5.72. The lowest BCUT2D eigenvalue weighted by atomic mass is 10.1. The summed E-state index contributed by atoms with van der Waals surface area (Å²) < 4.78 is 5.30. The van der Waals surface area contributed by atoms with Gasteiger partial charge < -0.3 is 14.7 Å². The highest BCUT2D eigenvalue weighted by atomic mass is 35.5. The molecule has 16 heavy (non-hydrogen) atoms. The molecule has 0 saturated carbocycles. The topological polar surface area (TPSA) is 32.7 Å². The van der Waals surface area contributed by atoms with Crippen molar-refractivity contribution in [1.82, 2.24) is 0 Å². The maximum absolute atomic E-state index is 9.46. The van der Waals surface area contributed by atoms with Crippen LogP contribution in [0.2, 0.25) is 5.02 Å². The molecule has 1 atom stereocenters. The summed E-state index contributed by atoms with van der Waals surface area (Å²) >= 11 is 6.21. The Hall–Kier alpha value is -0.770. The van der Waals surface area contributed by atoms with Crippen LogP contribution in [0.3, 0.4) is 0 Å². The molecule has 4 heteroatoms. The van der Waals surface area contributed by atoms with Gasteiger partial charge in [-0.15, -0.1) is 0 Å². The highest BCUT2D eigenvalue weighted by Crippen LogP contribution is 2.29. The van der Waals surface area contributed by atoms with Crippen molar-refractivity contribution in [3.05, 3.63) is 28.8 Å². The van der Waals surface area contributed by atoms with Crippen LogP contribution in [0.25, 0.3) is 0 Å². The van der Waals surface area contributed by atoms with Crippen LogP contribution in [0.4, 0.5) is 5.69 Å². The average Bonchev–Trinajstić information content (AvgIpc) is 2.30. The standard InChI is InChI=1S/C12H16ClNO2/c1-9(15)10-2-3-12(11(13)8-10)14-4-6-16-7-5-14/h2-3,8-9,15H,4-7H2,1H3/t9-/m0/s1. The molecular formula is C12H16ClNO2. The zero-order chi connectivity index (χ0) is 11.5. The second kappa shape index (κ2) is 5.04. The first kappa shape index (κ1) is 11.7. The molecule has 1 heterocycles. The Labute approximate surface area is 101 Å². The smallest absolute Gasteiger partial charge is 0.0762 e. The highest BCUT2D eigenvalue weighted by Gasteiger charge is 2.14. The third kappa shape index (κ3) is 2.48. The Kier molecular flexibility index (Phi) is 3.69. The van der Waals surface area contributed by atoms with Crippen LogP contribution >= 0.6 is 11.6 Å². The number of rotatable bonds is 2. The van der Waals surface area contributed by atoms with Gasteiger partial charge in [0.2, 0.25) is 0 Å². The molecule has 1 saturated heterocycles. The second-order valence-corrected chi connectivity index (χ2v) is 4.39. The number of aliphatic hydroxyl groups is 1. The maximum Gasteiger partial charge on any atom is 0.0762 e. The molecule has 1 fully saturated rings. The first-order valence-corrected chi connectivity index (χ1v) is 5.86. The van der Waals surface area contributed by atoms with E-state index in [1.807, 2.05) is 18.2 Å². The molecule has 1 aromatic carbocycles. The maximum atomic E-state index is 9.46. The number of hydrogen-bond acceptors (Lipinski definition) is 3. The van der Waals surface area contributed by atoms with E-state index in [0.29, 0.717) is 5.02 Å². The molecule has 2 rings (SSSR count). The summed E-state index contributed by atoms with van der Waals surface area (Å²) in [5.41, 5.74) is 1.87. The number of hydrogen-bond donors (Lipinski definition) is 1. The first-order chi connectivity index (χ1) is 7.68. The Bertz CT molecular complexity index is 362. The summed E-state index contributed by atoms with van der Waals surface area (Å²) in [4.78, 5) is 2.21. The SMILES string of the molecule is C[C@H](O)c1ccc(N2CCOCC2)c(Cl)c1. The van der Waals surface area contributed by atoms with Crippen molar-refractivity contribution in [2.45, 2.75) is 13.0 Å². The van der Waals surface area contributed by atoms with Gasteiger partial charge in [0, 0.05) is 13.1 Å². The fourth-order valence-corrected chi connectivity index (χ4v) is 2.15. The fourth-order valence-electron chi connectivity index (χ4n) is 1.84. The van der Waals surface area contributed by atoms with Gasteiger partial charge in [-0.1, -0.05) is 17.7 Å². The summed E-state index contributed by atoms with van der Waals surface area (Å²) in [5, 5.41) is 10.2.